The minimum absolute atomic E-state index is 0.748. The van der Waals surface area contributed by atoms with Gasteiger partial charge in [0.1, 0.15) is 79.3 Å². The van der Waals surface area contributed by atoms with E-state index >= 15 is 0 Å². The molecule has 0 aromatic heterocycles. The molecule has 3 rings (SSSR count). The van der Waals surface area contributed by atoms with Crippen molar-refractivity contribution in [1.29, 1.82) is 0 Å². The molecule has 15 unspecified atom stereocenters. The number of carboxylic acid groups (broad SMARTS) is 1. The molecule has 2 amide bonds. The van der Waals surface area contributed by atoms with Gasteiger partial charge in [-0.15, -0.1) is 0 Å². The highest BCUT2D eigenvalue weighted by Crippen LogP contribution is 2.38. The van der Waals surface area contributed by atoms with Crippen LogP contribution in [0, 0.1) is 0 Å². The van der Waals surface area contributed by atoms with Crippen molar-refractivity contribution in [3.8, 4) is 0 Å². The molecule has 22 nitrogen and oxygen atoms in total. The smallest absolute Gasteiger partial charge is 0.367 e. The van der Waals surface area contributed by atoms with Crippen LogP contribution in [-0.2, 0) is 38.1 Å². The van der Waals surface area contributed by atoms with Crippen LogP contribution in [0.15, 0.2) is 0 Å². The summed E-state index contributed by atoms with van der Waals surface area (Å²) in [5.74, 6) is -7.38. The highest BCUT2D eigenvalue weighted by Gasteiger charge is 2.65. The topological polar surface area (TPSA) is 364 Å². The number of rotatable bonds is 12. The fourth-order valence-electron chi connectivity index (χ4n) is 5.59. The molecule has 14 N–H and O–H groups in total. The maximum Gasteiger partial charge on any atom is 0.367 e. The van der Waals surface area contributed by atoms with Gasteiger partial charge in [-0.1, -0.05) is 0 Å². The molecule has 22 heteroatoms. The van der Waals surface area contributed by atoms with Gasteiger partial charge in [-0.25, -0.2) is 4.79 Å². The van der Waals surface area contributed by atoms with Crippen molar-refractivity contribution in [3.63, 3.8) is 0 Å². The van der Waals surface area contributed by atoms with Crippen LogP contribution in [0.25, 0.3) is 0 Å². The predicted molar refractivity (Wildman–Crippen MR) is 143 cm³/mol. The van der Waals surface area contributed by atoms with E-state index < -0.39 is 141 Å². The number of aliphatic hydroxyl groups excluding tert-OH is 11. The van der Waals surface area contributed by atoms with Crippen LogP contribution in [0.2, 0.25) is 0 Å². The van der Waals surface area contributed by atoms with Crippen LogP contribution in [0.3, 0.4) is 0 Å². The lowest BCUT2D eigenvalue weighted by Gasteiger charge is -2.52. The average molecular weight is 691 g/mol. The maximum atomic E-state index is 12.7. The van der Waals surface area contributed by atoms with Gasteiger partial charge < -0.3 is 95.6 Å². The molecule has 3 saturated heterocycles. The predicted octanol–water partition coefficient (Wildman–Crippen LogP) is -9.11. The Bertz CT molecular complexity index is 1090. The SMILES string of the molecule is CC(=O)NC1C(O)OC(CO)C(O)C1OC1OC(CO)C(O)C(OC2(C(=O)O)OC([C@H](O)[C@H](O)CO)C(NC(C)=O)C(O)C2O)C1O. The highest BCUT2D eigenvalue weighted by molar-refractivity contribution is 5.77. The number of aliphatic carboxylic acids is 1. The van der Waals surface area contributed by atoms with Crippen LogP contribution >= 0.6 is 0 Å². The Balaban J connectivity index is 2.02. The van der Waals surface area contributed by atoms with E-state index in [1.807, 2.05) is 0 Å². The lowest BCUT2D eigenvalue weighted by atomic mass is 9.86. The van der Waals surface area contributed by atoms with Crippen molar-refractivity contribution in [2.75, 3.05) is 19.8 Å². The third kappa shape index (κ3) is 7.99. The molecule has 0 aliphatic carbocycles. The van der Waals surface area contributed by atoms with Crippen LogP contribution in [0.1, 0.15) is 13.8 Å². The molecule has 0 saturated carbocycles. The fourth-order valence-corrected chi connectivity index (χ4v) is 5.59. The molecule has 0 aromatic rings. The molecule has 0 spiro atoms. The molecule has 0 radical (unpaired) electrons. The van der Waals surface area contributed by atoms with Gasteiger partial charge in [-0.2, -0.15) is 0 Å². The molecular weight excluding hydrogens is 648 g/mol. The first-order chi connectivity index (χ1) is 21.9. The van der Waals surface area contributed by atoms with Gasteiger partial charge in [0.05, 0.1) is 25.9 Å². The molecule has 17 atom stereocenters. The van der Waals surface area contributed by atoms with Gasteiger partial charge in [0.25, 0.3) is 5.79 Å². The van der Waals surface area contributed by atoms with E-state index in [0.29, 0.717) is 0 Å². The monoisotopic (exact) mass is 690 g/mol. The summed E-state index contributed by atoms with van der Waals surface area (Å²) in [5.41, 5.74) is 0. The molecule has 3 heterocycles. The summed E-state index contributed by atoms with van der Waals surface area (Å²) in [5, 5.41) is 129. The molecule has 3 aliphatic heterocycles. The van der Waals surface area contributed by atoms with E-state index in [2.05, 4.69) is 10.6 Å². The van der Waals surface area contributed by atoms with Crippen LogP contribution in [0.5, 0.6) is 0 Å². The number of amides is 2. The molecule has 3 fully saturated rings. The number of aliphatic hydroxyl groups is 11. The summed E-state index contributed by atoms with van der Waals surface area (Å²) in [7, 11) is 0. The summed E-state index contributed by atoms with van der Waals surface area (Å²) in [6.45, 7) is -1.04. The largest absolute Gasteiger partial charge is 0.477 e. The van der Waals surface area contributed by atoms with Crippen LogP contribution in [0.4, 0.5) is 0 Å². The number of hydrogen-bond donors (Lipinski definition) is 14. The Morgan fingerprint density at radius 2 is 1.32 bits per heavy atom. The van der Waals surface area contributed by atoms with Crippen LogP contribution < -0.4 is 10.6 Å². The third-order valence-corrected chi connectivity index (χ3v) is 8.00. The lowest BCUT2D eigenvalue weighted by molar-refractivity contribution is -0.396. The van der Waals surface area contributed by atoms with E-state index in [1.54, 1.807) is 0 Å². The Morgan fingerprint density at radius 1 is 0.787 bits per heavy atom. The Hall–Kier alpha value is -2.23. The second-order valence-corrected chi connectivity index (χ2v) is 11.3. The minimum atomic E-state index is -3.53. The standard InChI is InChI=1S/C25H42N2O20/c1-6(31)26-11-16(37)21(39)25(24(41)42,46-19(11)13(34)8(33)3-28)47-20-15(36)10(5-30)44-23(17(20)38)45-18-12(27-7(2)32)22(40)43-9(4-29)14(18)35/h8-23,28-30,33-40H,3-5H2,1-2H3,(H,26,31)(H,27,32)(H,41,42)/t8-,9?,10?,11?,12?,13-,14?,15?,16?,17?,18?,19?,20?,21?,22?,23?,25?/m1/s1. The van der Waals surface area contributed by atoms with Gasteiger partial charge in [0.2, 0.25) is 11.8 Å². The number of carbonyl (C=O) groups is 3. The van der Waals surface area contributed by atoms with Crippen LogP contribution in [-0.4, -0.2) is 203 Å². The molecule has 0 bridgehead atoms. The van der Waals surface area contributed by atoms with Crippen molar-refractivity contribution >= 4 is 17.8 Å². The molecule has 272 valence electrons. The average Bonchev–Trinajstić information content (AvgIpc) is 3.01. The zero-order chi connectivity index (χ0) is 35.5. The van der Waals surface area contributed by atoms with Crippen molar-refractivity contribution in [2.24, 2.45) is 0 Å². The minimum Gasteiger partial charge on any atom is -0.477 e. The Labute approximate surface area is 265 Å². The Morgan fingerprint density at radius 3 is 1.83 bits per heavy atom. The first-order valence-electron chi connectivity index (χ1n) is 14.3. The normalized spacial score (nSPS) is 43.9. The number of carboxylic acids is 1. The quantitative estimate of drug-likeness (QED) is 0.0903. The highest BCUT2D eigenvalue weighted by atomic mass is 16.8. The Kier molecular flexibility index (Phi) is 13.3. The lowest BCUT2D eigenvalue weighted by Crippen LogP contribution is -2.76. The molecule has 47 heavy (non-hydrogen) atoms. The summed E-state index contributed by atoms with van der Waals surface area (Å²) >= 11 is 0. The zero-order valence-corrected chi connectivity index (χ0v) is 25.0. The van der Waals surface area contributed by atoms with Gasteiger partial charge >= 0.3 is 5.97 Å². The van der Waals surface area contributed by atoms with Gasteiger partial charge in [-0.3, -0.25) is 9.59 Å². The summed E-state index contributed by atoms with van der Waals surface area (Å²) < 4.78 is 26.9. The first kappa shape index (κ1) is 39.2. The van der Waals surface area contributed by atoms with Crippen molar-refractivity contribution in [1.82, 2.24) is 10.6 Å². The number of ether oxygens (including phenoxy) is 5. The summed E-state index contributed by atoms with van der Waals surface area (Å²) in [6.07, 6.45) is -29.1. The van der Waals surface area contributed by atoms with E-state index in [1.165, 1.54) is 0 Å². The zero-order valence-electron chi connectivity index (χ0n) is 25.0. The summed E-state index contributed by atoms with van der Waals surface area (Å²) in [4.78, 5) is 36.3. The van der Waals surface area contributed by atoms with Gasteiger partial charge in [0.15, 0.2) is 12.6 Å². The second-order valence-electron chi connectivity index (χ2n) is 11.3. The number of nitrogens with one attached hydrogen (secondary N) is 2. The van der Waals surface area contributed by atoms with E-state index in [4.69, 9.17) is 23.7 Å². The van der Waals surface area contributed by atoms with Gasteiger partial charge in [0, 0.05) is 13.8 Å². The molecule has 3 aliphatic rings. The van der Waals surface area contributed by atoms with Gasteiger partial charge in [-0.05, 0) is 0 Å². The van der Waals surface area contributed by atoms with E-state index in [9.17, 15) is 75.7 Å². The third-order valence-electron chi connectivity index (χ3n) is 8.00. The second kappa shape index (κ2) is 16.0. The number of carbonyl (C=O) groups excluding carboxylic acids is 2. The first-order valence-corrected chi connectivity index (χ1v) is 14.3. The van der Waals surface area contributed by atoms with Crippen molar-refractivity contribution in [3.05, 3.63) is 0 Å². The van der Waals surface area contributed by atoms with E-state index in [0.717, 1.165) is 13.8 Å². The molecular formula is C25H42N2O20. The summed E-state index contributed by atoms with van der Waals surface area (Å²) in [6, 6.07) is -3.40. The molecule has 0 aromatic carbocycles. The van der Waals surface area contributed by atoms with E-state index in [-0.39, 0.29) is 0 Å². The maximum absolute atomic E-state index is 12.7. The van der Waals surface area contributed by atoms with Crippen molar-refractivity contribution < 1.29 is 99.3 Å². The van der Waals surface area contributed by atoms with Crippen molar-refractivity contribution in [2.45, 2.75) is 118 Å². The fraction of sp³-hybridized carbons (Fsp3) is 0.880. The number of hydrogen-bond acceptors (Lipinski definition) is 19.